The Balaban J connectivity index is 0.00000176. The monoisotopic (exact) mass is 346 g/mol. The Morgan fingerprint density at radius 1 is 1.23 bits per heavy atom. The molecule has 0 saturated heterocycles. The van der Waals surface area contributed by atoms with E-state index in [0.29, 0.717) is 11.3 Å². The van der Waals surface area contributed by atoms with Crippen molar-refractivity contribution in [1.82, 2.24) is 4.98 Å². The molecular formula is C15H17ClF2N2OS. The molecule has 7 heteroatoms. The fraction of sp³-hybridized carbons (Fsp3) is 0.400. The van der Waals surface area contributed by atoms with E-state index in [1.54, 1.807) is 18.2 Å². The van der Waals surface area contributed by atoms with Gasteiger partial charge in [-0.15, -0.1) is 23.7 Å². The summed E-state index contributed by atoms with van der Waals surface area (Å²) in [5.74, 6) is 0.141. The highest BCUT2D eigenvalue weighted by molar-refractivity contribution is 7.10. The second-order valence-electron chi connectivity index (χ2n) is 5.28. The summed E-state index contributed by atoms with van der Waals surface area (Å²) in [6.45, 7) is -2.85. The second-order valence-corrected chi connectivity index (χ2v) is 6.13. The largest absolute Gasteiger partial charge is 0.434 e. The molecule has 0 amide bonds. The predicted octanol–water partition coefficient (Wildman–Crippen LogP) is 4.56. The molecule has 3 nitrogen and oxygen atoms in total. The van der Waals surface area contributed by atoms with Gasteiger partial charge in [-0.05, 0) is 25.0 Å². The van der Waals surface area contributed by atoms with Gasteiger partial charge >= 0.3 is 6.61 Å². The van der Waals surface area contributed by atoms with Crippen LogP contribution in [0.1, 0.15) is 30.7 Å². The van der Waals surface area contributed by atoms with Crippen molar-refractivity contribution < 1.29 is 13.5 Å². The summed E-state index contributed by atoms with van der Waals surface area (Å²) in [4.78, 5) is 4.57. The molecule has 0 aliphatic heterocycles. The molecule has 0 spiro atoms. The van der Waals surface area contributed by atoms with Crippen LogP contribution in [-0.4, -0.2) is 11.6 Å². The van der Waals surface area contributed by atoms with E-state index in [1.165, 1.54) is 17.4 Å². The van der Waals surface area contributed by atoms with E-state index in [4.69, 9.17) is 5.73 Å². The number of nitrogens with zero attached hydrogens (tertiary/aromatic N) is 1. The van der Waals surface area contributed by atoms with Crippen LogP contribution in [0.15, 0.2) is 29.6 Å². The molecule has 1 aromatic heterocycles. The van der Waals surface area contributed by atoms with Crippen molar-refractivity contribution in [3.63, 3.8) is 0 Å². The van der Waals surface area contributed by atoms with Gasteiger partial charge < -0.3 is 10.5 Å². The number of thiazole rings is 1. The number of alkyl halides is 2. The van der Waals surface area contributed by atoms with Crippen LogP contribution in [0.4, 0.5) is 8.78 Å². The van der Waals surface area contributed by atoms with Crippen LogP contribution in [-0.2, 0) is 5.54 Å². The third-order valence-corrected chi connectivity index (χ3v) is 4.87. The lowest BCUT2D eigenvalue weighted by atomic mass is 10.0. The van der Waals surface area contributed by atoms with E-state index in [9.17, 15) is 8.78 Å². The summed E-state index contributed by atoms with van der Waals surface area (Å²) in [5, 5.41) is 2.73. The minimum absolute atomic E-state index is 0. The number of rotatable bonds is 4. The summed E-state index contributed by atoms with van der Waals surface area (Å²) in [6, 6.07) is 6.69. The minimum atomic E-state index is -2.85. The molecule has 22 heavy (non-hydrogen) atoms. The van der Waals surface area contributed by atoms with E-state index < -0.39 is 6.61 Å². The lowest BCUT2D eigenvalue weighted by Gasteiger charge is -2.19. The SMILES string of the molecule is Cl.NC1(c2nc(-c3ccccc3OC(F)F)cs2)CCCC1. The molecule has 0 unspecified atom stereocenters. The Bertz CT molecular complexity index is 630. The van der Waals surface area contributed by atoms with E-state index in [0.717, 1.165) is 30.7 Å². The molecule has 120 valence electrons. The lowest BCUT2D eigenvalue weighted by Crippen LogP contribution is -2.32. The number of hydrogen-bond acceptors (Lipinski definition) is 4. The molecule has 3 rings (SSSR count). The van der Waals surface area contributed by atoms with Gasteiger partial charge in [-0.2, -0.15) is 8.78 Å². The van der Waals surface area contributed by atoms with Gasteiger partial charge in [0, 0.05) is 10.9 Å². The van der Waals surface area contributed by atoms with Crippen LogP contribution in [0.3, 0.4) is 0 Å². The Kier molecular flexibility index (Phi) is 5.36. The first-order valence-corrected chi connectivity index (χ1v) is 7.75. The van der Waals surface area contributed by atoms with E-state index in [2.05, 4.69) is 9.72 Å². The number of nitrogens with two attached hydrogens (primary N) is 1. The lowest BCUT2D eigenvalue weighted by molar-refractivity contribution is -0.0494. The van der Waals surface area contributed by atoms with Crippen molar-refractivity contribution >= 4 is 23.7 Å². The number of aromatic nitrogens is 1. The minimum Gasteiger partial charge on any atom is -0.434 e. The topological polar surface area (TPSA) is 48.1 Å². The van der Waals surface area contributed by atoms with Crippen molar-refractivity contribution in [2.24, 2.45) is 5.73 Å². The molecule has 2 aromatic rings. The fourth-order valence-corrected chi connectivity index (χ4v) is 3.72. The normalized spacial score (nSPS) is 16.5. The van der Waals surface area contributed by atoms with Gasteiger partial charge in [0.15, 0.2) is 0 Å². The average molecular weight is 347 g/mol. The third-order valence-electron chi connectivity index (χ3n) is 3.80. The molecule has 1 saturated carbocycles. The first kappa shape index (κ1) is 17.1. The summed E-state index contributed by atoms with van der Waals surface area (Å²) in [5.41, 5.74) is 7.24. The Labute approximate surface area is 137 Å². The van der Waals surface area contributed by atoms with Crippen molar-refractivity contribution in [3.05, 3.63) is 34.7 Å². The van der Waals surface area contributed by atoms with Gasteiger partial charge in [0.1, 0.15) is 10.8 Å². The maximum atomic E-state index is 12.5. The second kappa shape index (κ2) is 6.89. The number of halogens is 3. The molecular weight excluding hydrogens is 330 g/mol. The number of para-hydroxylation sites is 1. The van der Waals surface area contributed by atoms with E-state index in [-0.39, 0.29) is 23.7 Å². The predicted molar refractivity (Wildman–Crippen MR) is 85.8 cm³/mol. The summed E-state index contributed by atoms with van der Waals surface area (Å²) >= 11 is 1.49. The molecule has 1 aliphatic rings. The number of ether oxygens (including phenoxy) is 1. The zero-order valence-corrected chi connectivity index (χ0v) is 13.4. The van der Waals surface area contributed by atoms with Gasteiger partial charge in [-0.1, -0.05) is 25.0 Å². The zero-order chi connectivity index (χ0) is 14.9. The molecule has 0 bridgehead atoms. The van der Waals surface area contributed by atoms with Gasteiger partial charge in [-0.25, -0.2) is 4.98 Å². The van der Waals surface area contributed by atoms with Gasteiger partial charge in [-0.3, -0.25) is 0 Å². The standard InChI is InChI=1S/C15H16F2N2OS.ClH/c16-14(17)20-12-6-2-1-5-10(12)11-9-21-13(19-11)15(18)7-3-4-8-15;/h1-2,5-6,9,14H,3-4,7-8,18H2;1H. The molecule has 1 aliphatic carbocycles. The van der Waals surface area contributed by atoms with E-state index >= 15 is 0 Å². The molecule has 1 aromatic carbocycles. The summed E-state index contributed by atoms with van der Waals surface area (Å²) < 4.78 is 29.5. The molecule has 0 atom stereocenters. The fourth-order valence-electron chi connectivity index (χ4n) is 2.72. The smallest absolute Gasteiger partial charge is 0.387 e. The first-order chi connectivity index (χ1) is 10.1. The average Bonchev–Trinajstić information content (AvgIpc) is 3.08. The van der Waals surface area contributed by atoms with Crippen LogP contribution < -0.4 is 10.5 Å². The van der Waals surface area contributed by atoms with Crippen LogP contribution in [0, 0.1) is 0 Å². The van der Waals surface area contributed by atoms with Crippen molar-refractivity contribution in [3.8, 4) is 17.0 Å². The van der Waals surface area contributed by atoms with Gasteiger partial charge in [0.25, 0.3) is 0 Å². The van der Waals surface area contributed by atoms with Crippen molar-refractivity contribution in [1.29, 1.82) is 0 Å². The molecule has 1 fully saturated rings. The highest BCUT2D eigenvalue weighted by atomic mass is 35.5. The number of hydrogen-bond donors (Lipinski definition) is 1. The summed E-state index contributed by atoms with van der Waals surface area (Å²) in [6.07, 6.45) is 4.07. The molecule has 2 N–H and O–H groups in total. The quantitative estimate of drug-likeness (QED) is 0.882. The Morgan fingerprint density at radius 3 is 2.59 bits per heavy atom. The van der Waals surface area contributed by atoms with Gasteiger partial charge in [0.05, 0.1) is 11.2 Å². The Morgan fingerprint density at radius 2 is 1.91 bits per heavy atom. The Hall–Kier alpha value is -1.24. The van der Waals surface area contributed by atoms with Crippen molar-refractivity contribution in [2.75, 3.05) is 0 Å². The third kappa shape index (κ3) is 3.39. The van der Waals surface area contributed by atoms with Crippen LogP contribution in [0.5, 0.6) is 5.75 Å². The molecule has 0 radical (unpaired) electrons. The highest BCUT2D eigenvalue weighted by Crippen LogP contribution is 2.40. The van der Waals surface area contributed by atoms with Crippen LogP contribution in [0.25, 0.3) is 11.3 Å². The molecule has 1 heterocycles. The number of benzene rings is 1. The van der Waals surface area contributed by atoms with Crippen LogP contribution in [0.2, 0.25) is 0 Å². The zero-order valence-electron chi connectivity index (χ0n) is 11.8. The van der Waals surface area contributed by atoms with Crippen molar-refractivity contribution in [2.45, 2.75) is 37.8 Å². The first-order valence-electron chi connectivity index (χ1n) is 6.88. The van der Waals surface area contributed by atoms with Gasteiger partial charge in [0.2, 0.25) is 0 Å². The van der Waals surface area contributed by atoms with Crippen LogP contribution >= 0.6 is 23.7 Å². The van der Waals surface area contributed by atoms with E-state index in [1.807, 2.05) is 5.38 Å². The maximum absolute atomic E-state index is 12.5. The summed E-state index contributed by atoms with van der Waals surface area (Å²) in [7, 11) is 0. The highest BCUT2D eigenvalue weighted by Gasteiger charge is 2.34. The maximum Gasteiger partial charge on any atom is 0.387 e.